The molecule has 0 spiro atoms. The molecule has 0 bridgehead atoms. The van der Waals surface area contributed by atoms with E-state index in [4.69, 9.17) is 4.74 Å². The zero-order valence-electron chi connectivity index (χ0n) is 12.5. The third-order valence-electron chi connectivity index (χ3n) is 3.67. The number of aromatic nitrogens is 2. The van der Waals surface area contributed by atoms with Crippen LogP contribution in [0.1, 0.15) is 29.8 Å². The minimum absolute atomic E-state index is 0.277. The van der Waals surface area contributed by atoms with Crippen LogP contribution in [0.3, 0.4) is 0 Å². The van der Waals surface area contributed by atoms with Crippen molar-refractivity contribution < 1.29 is 4.74 Å². The van der Waals surface area contributed by atoms with Crippen LogP contribution in [0.15, 0.2) is 35.8 Å². The van der Waals surface area contributed by atoms with E-state index in [1.54, 1.807) is 18.4 Å². The van der Waals surface area contributed by atoms with Crippen molar-refractivity contribution in [3.05, 3.63) is 52.7 Å². The van der Waals surface area contributed by atoms with Gasteiger partial charge in [-0.1, -0.05) is 29.8 Å². The van der Waals surface area contributed by atoms with Crippen molar-refractivity contribution in [2.45, 2.75) is 26.4 Å². The molecule has 21 heavy (non-hydrogen) atoms. The van der Waals surface area contributed by atoms with Crippen molar-refractivity contribution in [1.29, 1.82) is 0 Å². The molecule has 1 N–H and O–H groups in total. The van der Waals surface area contributed by atoms with Crippen molar-refractivity contribution in [3.8, 4) is 5.88 Å². The molecule has 0 saturated carbocycles. The van der Waals surface area contributed by atoms with Crippen LogP contribution < -0.4 is 10.1 Å². The van der Waals surface area contributed by atoms with Crippen LogP contribution in [-0.4, -0.2) is 16.5 Å². The molecule has 0 amide bonds. The van der Waals surface area contributed by atoms with Gasteiger partial charge in [0.05, 0.1) is 7.11 Å². The molecule has 0 aliphatic rings. The Kier molecular flexibility index (Phi) is 3.94. The van der Waals surface area contributed by atoms with Crippen molar-refractivity contribution in [2.24, 2.45) is 0 Å². The lowest BCUT2D eigenvalue weighted by Gasteiger charge is -2.14. The van der Waals surface area contributed by atoms with E-state index in [-0.39, 0.29) is 6.04 Å². The van der Waals surface area contributed by atoms with Gasteiger partial charge in [-0.05, 0) is 19.4 Å². The molecule has 1 atom stereocenters. The number of ether oxygens (including phenoxy) is 1. The highest BCUT2D eigenvalue weighted by Crippen LogP contribution is 2.24. The summed E-state index contributed by atoms with van der Waals surface area (Å²) in [6.45, 7) is 4.99. The van der Waals surface area contributed by atoms with Crippen molar-refractivity contribution in [3.63, 3.8) is 0 Å². The van der Waals surface area contributed by atoms with Gasteiger partial charge in [-0.15, -0.1) is 11.3 Å². The number of imidazole rings is 1. The molecule has 1 unspecified atom stereocenters. The maximum absolute atomic E-state index is 5.38. The van der Waals surface area contributed by atoms with Crippen LogP contribution >= 0.6 is 11.3 Å². The van der Waals surface area contributed by atoms with Crippen LogP contribution in [0.2, 0.25) is 0 Å². The fourth-order valence-corrected chi connectivity index (χ4v) is 3.08. The van der Waals surface area contributed by atoms with Crippen LogP contribution in [0.25, 0.3) is 4.96 Å². The average Bonchev–Trinajstić information content (AvgIpc) is 3.06. The van der Waals surface area contributed by atoms with Gasteiger partial charge in [-0.25, -0.2) is 0 Å². The molecular weight excluding hydrogens is 282 g/mol. The monoisotopic (exact) mass is 301 g/mol. The van der Waals surface area contributed by atoms with Crippen molar-refractivity contribution in [2.75, 3.05) is 7.11 Å². The smallest absolute Gasteiger partial charge is 0.237 e. The molecule has 5 heteroatoms. The molecule has 0 aliphatic heterocycles. The number of methoxy groups -OCH3 is 1. The summed E-state index contributed by atoms with van der Waals surface area (Å²) in [6, 6.07) is 8.90. The lowest BCUT2D eigenvalue weighted by Crippen LogP contribution is -2.19. The molecule has 1 aromatic carbocycles. The summed E-state index contributed by atoms with van der Waals surface area (Å²) in [4.78, 5) is 5.44. The number of hydrogen-bond acceptors (Lipinski definition) is 4. The number of nitrogens with one attached hydrogen (secondary N) is 1. The van der Waals surface area contributed by atoms with Gasteiger partial charge in [0.25, 0.3) is 0 Å². The highest BCUT2D eigenvalue weighted by atomic mass is 32.1. The summed E-state index contributed by atoms with van der Waals surface area (Å²) in [5.41, 5.74) is 3.63. The molecule has 3 rings (SSSR count). The van der Waals surface area contributed by atoms with Crippen LogP contribution in [0, 0.1) is 6.92 Å². The topological polar surface area (TPSA) is 38.6 Å². The lowest BCUT2D eigenvalue weighted by atomic mass is 10.1. The Morgan fingerprint density at radius 1 is 1.33 bits per heavy atom. The van der Waals surface area contributed by atoms with Crippen molar-refractivity contribution in [1.82, 2.24) is 14.7 Å². The van der Waals surface area contributed by atoms with Crippen LogP contribution in [0.4, 0.5) is 0 Å². The number of nitrogens with zero attached hydrogens (tertiary/aromatic N) is 2. The van der Waals surface area contributed by atoms with Crippen LogP contribution in [-0.2, 0) is 6.54 Å². The van der Waals surface area contributed by atoms with E-state index in [9.17, 15) is 0 Å². The van der Waals surface area contributed by atoms with E-state index in [2.05, 4.69) is 52.8 Å². The Morgan fingerprint density at radius 2 is 2.10 bits per heavy atom. The highest BCUT2D eigenvalue weighted by Gasteiger charge is 2.14. The van der Waals surface area contributed by atoms with Crippen LogP contribution in [0.5, 0.6) is 5.88 Å². The van der Waals surface area contributed by atoms with Gasteiger partial charge < -0.3 is 10.1 Å². The predicted octanol–water partition coefficient (Wildman–Crippen LogP) is 3.56. The van der Waals surface area contributed by atoms with E-state index in [1.807, 2.05) is 11.6 Å². The summed E-state index contributed by atoms with van der Waals surface area (Å²) < 4.78 is 7.46. The molecule has 110 valence electrons. The highest BCUT2D eigenvalue weighted by molar-refractivity contribution is 7.15. The zero-order valence-corrected chi connectivity index (χ0v) is 13.3. The van der Waals surface area contributed by atoms with Gasteiger partial charge in [-0.3, -0.25) is 4.40 Å². The van der Waals surface area contributed by atoms with E-state index in [0.717, 1.165) is 17.2 Å². The largest absolute Gasteiger partial charge is 0.480 e. The number of aryl methyl sites for hydroxylation is 1. The normalized spacial score (nSPS) is 12.7. The maximum atomic E-state index is 5.38. The van der Waals surface area contributed by atoms with Gasteiger partial charge >= 0.3 is 0 Å². The quantitative estimate of drug-likeness (QED) is 0.783. The van der Waals surface area contributed by atoms with E-state index in [0.29, 0.717) is 5.88 Å². The summed E-state index contributed by atoms with van der Waals surface area (Å²) in [5.74, 6) is 0.699. The Balaban J connectivity index is 1.76. The first-order valence-electron chi connectivity index (χ1n) is 6.97. The zero-order chi connectivity index (χ0) is 14.8. The Labute approximate surface area is 128 Å². The minimum atomic E-state index is 0.277. The molecule has 0 saturated heterocycles. The first kappa shape index (κ1) is 14.1. The maximum Gasteiger partial charge on any atom is 0.237 e. The molecule has 2 aromatic heterocycles. The summed E-state index contributed by atoms with van der Waals surface area (Å²) in [5, 5.41) is 5.58. The van der Waals surface area contributed by atoms with E-state index < -0.39 is 0 Å². The average molecular weight is 301 g/mol. The summed E-state index contributed by atoms with van der Waals surface area (Å²) in [7, 11) is 1.67. The summed E-state index contributed by atoms with van der Waals surface area (Å²) in [6.07, 6.45) is 2.03. The molecule has 0 fully saturated rings. The third kappa shape index (κ3) is 2.80. The Morgan fingerprint density at radius 3 is 2.81 bits per heavy atom. The molecule has 0 aliphatic carbocycles. The van der Waals surface area contributed by atoms with Gasteiger partial charge in [0, 0.05) is 24.2 Å². The molecule has 2 heterocycles. The Hall–Kier alpha value is -1.85. The van der Waals surface area contributed by atoms with Crippen molar-refractivity contribution >= 4 is 16.3 Å². The number of benzene rings is 1. The number of fused-ring (bicyclic) bond motifs is 1. The number of hydrogen-bond donors (Lipinski definition) is 1. The van der Waals surface area contributed by atoms with Gasteiger partial charge in [0.2, 0.25) is 5.88 Å². The fraction of sp³-hybridized carbons (Fsp3) is 0.312. The third-order valence-corrected chi connectivity index (χ3v) is 4.43. The minimum Gasteiger partial charge on any atom is -0.480 e. The molecule has 3 aromatic rings. The summed E-state index contributed by atoms with van der Waals surface area (Å²) >= 11 is 1.61. The molecular formula is C16H19N3OS. The second kappa shape index (κ2) is 5.87. The number of rotatable bonds is 5. The lowest BCUT2D eigenvalue weighted by molar-refractivity contribution is 0.391. The van der Waals surface area contributed by atoms with E-state index in [1.165, 1.54) is 11.1 Å². The Bertz CT molecular complexity index is 730. The fourth-order valence-electron chi connectivity index (χ4n) is 2.36. The molecule has 0 radical (unpaired) electrons. The number of thiazole rings is 1. The second-order valence-corrected chi connectivity index (χ2v) is 6.01. The van der Waals surface area contributed by atoms with E-state index >= 15 is 0 Å². The predicted molar refractivity (Wildman–Crippen MR) is 86.1 cm³/mol. The first-order chi connectivity index (χ1) is 10.2. The molecule has 4 nitrogen and oxygen atoms in total. The SMILES string of the molecule is COc1nc2sccn2c1CNC(C)c1ccc(C)cc1. The first-order valence-corrected chi connectivity index (χ1v) is 7.85. The van der Waals surface area contributed by atoms with Gasteiger partial charge in [0.1, 0.15) is 5.69 Å². The van der Waals surface area contributed by atoms with Gasteiger partial charge in [-0.2, -0.15) is 4.98 Å². The standard InChI is InChI=1S/C16H19N3OS/c1-11-4-6-13(7-5-11)12(2)17-10-14-15(20-3)18-16-19(14)8-9-21-16/h4-9,12,17H,10H2,1-3H3. The van der Waals surface area contributed by atoms with Gasteiger partial charge in [0.15, 0.2) is 4.96 Å². The second-order valence-electron chi connectivity index (χ2n) is 5.14.